The highest BCUT2D eigenvalue weighted by Gasteiger charge is 2.09. The topological polar surface area (TPSA) is 26.0 Å². The van der Waals surface area contributed by atoms with Crippen molar-refractivity contribution in [2.24, 2.45) is 0 Å². The molecule has 4 aromatic rings. The van der Waals surface area contributed by atoms with Crippen molar-refractivity contribution in [1.82, 2.24) is 4.98 Å². The molecule has 4 rings (SSSR count). The normalized spacial score (nSPS) is 11.6. The Morgan fingerprint density at radius 3 is 2.78 bits per heavy atom. The van der Waals surface area contributed by atoms with E-state index in [-0.39, 0.29) is 0 Å². The van der Waals surface area contributed by atoms with Gasteiger partial charge in [-0.15, -0.1) is 0 Å². The van der Waals surface area contributed by atoms with Gasteiger partial charge in [0.1, 0.15) is 19.0 Å². The maximum Gasteiger partial charge on any atom is 0.139 e. The summed E-state index contributed by atoms with van der Waals surface area (Å²) in [6.45, 7) is 0. The van der Waals surface area contributed by atoms with Crippen LogP contribution in [0.3, 0.4) is 0 Å². The minimum Gasteiger partial charge on any atom is -0.456 e. The smallest absolute Gasteiger partial charge is 0.139 e. The molecule has 0 unspecified atom stereocenters. The molecule has 0 aliphatic rings. The second kappa shape index (κ2) is 3.36. The van der Waals surface area contributed by atoms with Crippen molar-refractivity contribution in [1.29, 1.82) is 0 Å². The third kappa shape index (κ3) is 1.22. The Morgan fingerprint density at radius 1 is 0.944 bits per heavy atom. The van der Waals surface area contributed by atoms with Crippen LogP contribution in [0.2, 0.25) is 0 Å². The number of pyridine rings is 1. The van der Waals surface area contributed by atoms with Gasteiger partial charge in [-0.05, 0) is 29.7 Å². The predicted molar refractivity (Wildman–Crippen MR) is 77.2 cm³/mol. The number of nitrogens with zero attached hydrogens (tertiary/aromatic N) is 1. The zero-order valence-electron chi connectivity index (χ0n) is 9.97. The monoisotopic (exact) mass is 231 g/mol. The molecule has 0 saturated heterocycles. The molecule has 0 atom stereocenters. The fourth-order valence-corrected chi connectivity index (χ4v) is 2.56. The summed E-state index contributed by atoms with van der Waals surface area (Å²) in [7, 11) is 2.10. The Kier molecular flexibility index (Phi) is 1.81. The van der Waals surface area contributed by atoms with Crippen LogP contribution in [0, 0.1) is 0 Å². The minimum absolute atomic E-state index is 0.939. The maximum atomic E-state index is 5.90. The molecule has 0 fully saturated rings. The zero-order chi connectivity index (χ0) is 12.1. The summed E-state index contributed by atoms with van der Waals surface area (Å²) in [5, 5.41) is 4.72. The van der Waals surface area contributed by atoms with Gasteiger partial charge in [0.25, 0.3) is 0 Å². The van der Waals surface area contributed by atoms with Gasteiger partial charge in [0.2, 0.25) is 0 Å². The van der Waals surface area contributed by atoms with E-state index in [1.54, 1.807) is 0 Å². The lowest BCUT2D eigenvalue weighted by Crippen LogP contribution is -1.98. The first-order chi connectivity index (χ1) is 8.83. The predicted octanol–water partition coefficient (Wildman–Crippen LogP) is 2.39. The Hall–Kier alpha value is -2.29. The van der Waals surface area contributed by atoms with Crippen LogP contribution >= 0.6 is 0 Å². The Morgan fingerprint density at radius 2 is 1.83 bits per heavy atom. The molecule has 0 radical (unpaired) electrons. The average Bonchev–Trinajstić information content (AvgIpc) is 2.77. The summed E-state index contributed by atoms with van der Waals surface area (Å²) < 4.78 is 5.90. The summed E-state index contributed by atoms with van der Waals surface area (Å²) in [5.74, 6) is 0. The van der Waals surface area contributed by atoms with Crippen molar-refractivity contribution in [2.75, 3.05) is 0 Å². The van der Waals surface area contributed by atoms with Crippen LogP contribution in [-0.4, -0.2) is 12.8 Å². The highest BCUT2D eigenvalue weighted by molar-refractivity contribution is 6.34. The fourth-order valence-electron chi connectivity index (χ4n) is 2.56. The van der Waals surface area contributed by atoms with Crippen LogP contribution in [0.4, 0.5) is 0 Å². The second-order valence-corrected chi connectivity index (χ2v) is 4.64. The van der Waals surface area contributed by atoms with Crippen LogP contribution in [-0.2, 0) is 0 Å². The largest absolute Gasteiger partial charge is 0.456 e. The average molecular weight is 231 g/mol. The zero-order valence-corrected chi connectivity index (χ0v) is 9.97. The number of aromatic nitrogens is 1. The summed E-state index contributed by atoms with van der Waals surface area (Å²) in [6, 6.07) is 12.4. The lowest BCUT2D eigenvalue weighted by Gasteiger charge is -1.98. The molecule has 0 aliphatic carbocycles. The number of rotatable bonds is 0. The third-order valence-corrected chi connectivity index (χ3v) is 3.41. The van der Waals surface area contributed by atoms with Crippen molar-refractivity contribution < 1.29 is 4.42 Å². The molecule has 0 spiro atoms. The van der Waals surface area contributed by atoms with Gasteiger partial charge in [0.05, 0.1) is 0 Å². The summed E-state index contributed by atoms with van der Waals surface area (Å²) in [5.41, 5.74) is 3.13. The first-order valence-electron chi connectivity index (χ1n) is 5.98. The number of fused-ring (bicyclic) bond motifs is 5. The SMILES string of the molecule is Bc1ccc2oc3ccc4cnccc4c3c2c1. The second-order valence-electron chi connectivity index (χ2n) is 4.64. The molecule has 2 heterocycles. The number of benzene rings is 2. The molecule has 3 heteroatoms. The van der Waals surface area contributed by atoms with E-state index in [9.17, 15) is 0 Å². The van der Waals surface area contributed by atoms with Crippen molar-refractivity contribution in [2.45, 2.75) is 0 Å². The minimum atomic E-state index is 0.939. The molecule has 2 nitrogen and oxygen atoms in total. The molecule has 0 aliphatic heterocycles. The van der Waals surface area contributed by atoms with Crippen LogP contribution in [0.5, 0.6) is 0 Å². The van der Waals surface area contributed by atoms with Gasteiger partial charge >= 0.3 is 0 Å². The maximum absolute atomic E-state index is 5.90. The Labute approximate surface area is 105 Å². The summed E-state index contributed by atoms with van der Waals surface area (Å²) in [6.07, 6.45) is 3.72. The van der Waals surface area contributed by atoms with E-state index >= 15 is 0 Å². The van der Waals surface area contributed by atoms with E-state index in [0.29, 0.717) is 0 Å². The first-order valence-corrected chi connectivity index (χ1v) is 5.98. The van der Waals surface area contributed by atoms with Crippen molar-refractivity contribution >= 4 is 46.0 Å². The van der Waals surface area contributed by atoms with E-state index in [0.717, 1.165) is 16.6 Å². The highest BCUT2D eigenvalue weighted by atomic mass is 16.3. The lowest BCUT2D eigenvalue weighted by molar-refractivity contribution is 0.669. The van der Waals surface area contributed by atoms with Gasteiger partial charge < -0.3 is 4.42 Å². The molecule has 84 valence electrons. The van der Waals surface area contributed by atoms with Gasteiger partial charge in [0, 0.05) is 28.6 Å². The van der Waals surface area contributed by atoms with Crippen LogP contribution < -0.4 is 5.46 Å². The quantitative estimate of drug-likeness (QED) is 0.434. The lowest BCUT2D eigenvalue weighted by atomic mass is 9.94. The van der Waals surface area contributed by atoms with Crippen LogP contribution in [0.25, 0.3) is 32.7 Å². The van der Waals surface area contributed by atoms with Crippen LogP contribution in [0.15, 0.2) is 53.2 Å². The molecule has 18 heavy (non-hydrogen) atoms. The molecule has 2 aromatic carbocycles. The summed E-state index contributed by atoms with van der Waals surface area (Å²) >= 11 is 0. The van der Waals surface area contributed by atoms with Gasteiger partial charge in [-0.3, -0.25) is 4.98 Å². The van der Waals surface area contributed by atoms with Gasteiger partial charge in [-0.25, -0.2) is 0 Å². The Balaban J connectivity index is 2.35. The molecular weight excluding hydrogens is 221 g/mol. The molecule has 0 bridgehead atoms. The molecule has 0 saturated carbocycles. The molecule has 0 amide bonds. The standard InChI is InChI=1S/C15H10BNO/c16-10-2-4-13-12(7-10)15-11-5-6-17-8-9(11)1-3-14(15)18-13/h1-8H,16H2. The molecular formula is C15H10BNO. The van der Waals surface area contributed by atoms with Crippen LogP contribution in [0.1, 0.15) is 0 Å². The first kappa shape index (κ1) is 9.72. The summed E-state index contributed by atoms with van der Waals surface area (Å²) in [4.78, 5) is 4.17. The van der Waals surface area contributed by atoms with E-state index in [2.05, 4.69) is 37.1 Å². The number of furan rings is 1. The van der Waals surface area contributed by atoms with Gasteiger partial charge in [-0.2, -0.15) is 0 Å². The number of hydrogen-bond acceptors (Lipinski definition) is 2. The number of hydrogen-bond donors (Lipinski definition) is 0. The van der Waals surface area contributed by atoms with E-state index in [1.165, 1.54) is 21.6 Å². The molecule has 0 N–H and O–H groups in total. The van der Waals surface area contributed by atoms with Crippen molar-refractivity contribution in [3.63, 3.8) is 0 Å². The van der Waals surface area contributed by atoms with Gasteiger partial charge in [-0.1, -0.05) is 17.6 Å². The van der Waals surface area contributed by atoms with Crippen molar-refractivity contribution in [3.05, 3.63) is 48.8 Å². The van der Waals surface area contributed by atoms with Crippen molar-refractivity contribution in [3.8, 4) is 0 Å². The van der Waals surface area contributed by atoms with E-state index in [1.807, 2.05) is 24.5 Å². The molecule has 2 aromatic heterocycles. The van der Waals surface area contributed by atoms with Gasteiger partial charge in [0.15, 0.2) is 0 Å². The highest BCUT2D eigenvalue weighted by Crippen LogP contribution is 2.33. The van der Waals surface area contributed by atoms with E-state index < -0.39 is 0 Å². The fraction of sp³-hybridized carbons (Fsp3) is 0. The van der Waals surface area contributed by atoms with E-state index in [4.69, 9.17) is 4.42 Å². The Bertz CT molecular complexity index is 895. The third-order valence-electron chi connectivity index (χ3n) is 3.41.